The van der Waals surface area contributed by atoms with Crippen LogP contribution < -0.4 is 20.3 Å². The maximum absolute atomic E-state index is 12.1. The number of ether oxygens (including phenoxy) is 2. The Balaban J connectivity index is 1.42. The van der Waals surface area contributed by atoms with Crippen molar-refractivity contribution >= 4 is 34.5 Å². The zero-order valence-corrected chi connectivity index (χ0v) is 15.8. The molecule has 2 amide bonds. The fourth-order valence-corrected chi connectivity index (χ4v) is 3.63. The second kappa shape index (κ2) is 7.81. The Kier molecular flexibility index (Phi) is 5.07. The number of amides is 2. The van der Waals surface area contributed by atoms with E-state index in [9.17, 15) is 9.59 Å². The predicted molar refractivity (Wildman–Crippen MR) is 102 cm³/mol. The zero-order valence-electron chi connectivity index (χ0n) is 15.0. The maximum atomic E-state index is 12.1. The van der Waals surface area contributed by atoms with Gasteiger partial charge in [-0.2, -0.15) is 0 Å². The standard InChI is InChI=1S/C19H17N3O5S/c1-2-11-6-12-7-15-16(27-10-26-15)8-13(12)20-19(11)28-9-17(23)21-22-18(24)14-4-3-5-25-14/h3-8H,2,9-10H2,1H3,(H,21,23)(H,22,24). The lowest BCUT2D eigenvalue weighted by Crippen LogP contribution is -2.42. The van der Waals surface area contributed by atoms with Crippen LogP contribution in [0.5, 0.6) is 11.5 Å². The van der Waals surface area contributed by atoms with Crippen LogP contribution in [-0.4, -0.2) is 29.3 Å². The average Bonchev–Trinajstić information content (AvgIpc) is 3.39. The highest BCUT2D eigenvalue weighted by Crippen LogP contribution is 2.37. The molecule has 3 aromatic rings. The van der Waals surface area contributed by atoms with Crippen LogP contribution in [0.3, 0.4) is 0 Å². The smallest absolute Gasteiger partial charge is 0.305 e. The number of rotatable bonds is 5. The molecule has 0 fully saturated rings. The Bertz CT molecular complexity index is 1040. The summed E-state index contributed by atoms with van der Waals surface area (Å²) in [6, 6.07) is 8.90. The van der Waals surface area contributed by atoms with E-state index in [4.69, 9.17) is 13.9 Å². The summed E-state index contributed by atoms with van der Waals surface area (Å²) in [6.07, 6.45) is 2.16. The summed E-state index contributed by atoms with van der Waals surface area (Å²) in [4.78, 5) is 28.5. The topological polar surface area (TPSA) is 103 Å². The molecule has 0 spiro atoms. The Labute approximate surface area is 164 Å². The second-order valence-corrected chi connectivity index (χ2v) is 6.94. The highest BCUT2D eigenvalue weighted by molar-refractivity contribution is 7.99. The van der Waals surface area contributed by atoms with Crippen LogP contribution in [0, 0.1) is 0 Å². The zero-order chi connectivity index (χ0) is 19.5. The molecule has 2 aromatic heterocycles. The third-order valence-electron chi connectivity index (χ3n) is 4.13. The van der Waals surface area contributed by atoms with Crippen LogP contribution in [-0.2, 0) is 11.2 Å². The largest absolute Gasteiger partial charge is 0.459 e. The number of fused-ring (bicyclic) bond motifs is 2. The van der Waals surface area contributed by atoms with Gasteiger partial charge in [-0.15, -0.1) is 0 Å². The number of carbonyl (C=O) groups is 2. The molecule has 3 heterocycles. The monoisotopic (exact) mass is 399 g/mol. The van der Waals surface area contributed by atoms with Crippen LogP contribution >= 0.6 is 11.8 Å². The summed E-state index contributed by atoms with van der Waals surface area (Å²) in [5.41, 5.74) is 6.48. The minimum absolute atomic E-state index is 0.106. The molecule has 1 aromatic carbocycles. The van der Waals surface area contributed by atoms with E-state index in [0.29, 0.717) is 11.5 Å². The number of thioether (sulfide) groups is 1. The first-order valence-electron chi connectivity index (χ1n) is 8.63. The number of aromatic nitrogens is 1. The molecule has 28 heavy (non-hydrogen) atoms. The van der Waals surface area contributed by atoms with Gasteiger partial charge in [0.25, 0.3) is 0 Å². The number of hydrazine groups is 1. The first-order chi connectivity index (χ1) is 13.6. The molecule has 4 rings (SSSR count). The van der Waals surface area contributed by atoms with Crippen molar-refractivity contribution in [3.05, 3.63) is 47.9 Å². The molecule has 9 heteroatoms. The second-order valence-electron chi connectivity index (χ2n) is 5.97. The van der Waals surface area contributed by atoms with Crippen molar-refractivity contribution in [3.63, 3.8) is 0 Å². The van der Waals surface area contributed by atoms with Crippen molar-refractivity contribution in [1.82, 2.24) is 15.8 Å². The van der Waals surface area contributed by atoms with Crippen molar-refractivity contribution in [2.75, 3.05) is 12.5 Å². The normalized spacial score (nSPS) is 12.2. The highest BCUT2D eigenvalue weighted by atomic mass is 32.2. The van der Waals surface area contributed by atoms with E-state index in [-0.39, 0.29) is 24.2 Å². The minimum Gasteiger partial charge on any atom is -0.459 e. The van der Waals surface area contributed by atoms with Gasteiger partial charge in [0.15, 0.2) is 17.3 Å². The number of furan rings is 1. The quantitative estimate of drug-likeness (QED) is 0.502. The Morgan fingerprint density at radius 1 is 1.18 bits per heavy atom. The van der Waals surface area contributed by atoms with E-state index >= 15 is 0 Å². The van der Waals surface area contributed by atoms with Crippen LogP contribution in [0.25, 0.3) is 10.9 Å². The summed E-state index contributed by atoms with van der Waals surface area (Å²) in [5.74, 6) is 0.740. The number of nitrogens with zero attached hydrogens (tertiary/aromatic N) is 1. The summed E-state index contributed by atoms with van der Waals surface area (Å²) in [7, 11) is 0. The lowest BCUT2D eigenvalue weighted by Gasteiger charge is -2.10. The molecular weight excluding hydrogens is 382 g/mol. The molecule has 0 aliphatic carbocycles. The molecule has 1 aliphatic rings. The molecule has 0 saturated heterocycles. The van der Waals surface area contributed by atoms with E-state index in [2.05, 4.69) is 15.8 Å². The average molecular weight is 399 g/mol. The Morgan fingerprint density at radius 3 is 2.75 bits per heavy atom. The van der Waals surface area contributed by atoms with Crippen LogP contribution in [0.4, 0.5) is 0 Å². The van der Waals surface area contributed by atoms with Gasteiger partial charge < -0.3 is 13.9 Å². The third kappa shape index (κ3) is 3.74. The van der Waals surface area contributed by atoms with E-state index in [1.54, 1.807) is 6.07 Å². The fourth-order valence-electron chi connectivity index (χ4n) is 2.73. The van der Waals surface area contributed by atoms with Gasteiger partial charge in [-0.05, 0) is 36.2 Å². The molecule has 1 aliphatic heterocycles. The van der Waals surface area contributed by atoms with Crippen LogP contribution in [0.2, 0.25) is 0 Å². The van der Waals surface area contributed by atoms with E-state index in [1.807, 2.05) is 25.1 Å². The molecular formula is C19H17N3O5S. The van der Waals surface area contributed by atoms with Crippen molar-refractivity contribution in [2.45, 2.75) is 18.4 Å². The first kappa shape index (κ1) is 18.2. The first-order valence-corrected chi connectivity index (χ1v) is 9.61. The van der Waals surface area contributed by atoms with Crippen molar-refractivity contribution in [1.29, 1.82) is 0 Å². The van der Waals surface area contributed by atoms with Crippen molar-refractivity contribution in [3.8, 4) is 11.5 Å². The minimum atomic E-state index is -0.516. The maximum Gasteiger partial charge on any atom is 0.305 e. The summed E-state index contributed by atoms with van der Waals surface area (Å²) >= 11 is 1.31. The molecule has 0 radical (unpaired) electrons. The summed E-state index contributed by atoms with van der Waals surface area (Å²) in [5, 5.41) is 1.72. The number of nitrogens with one attached hydrogen (secondary N) is 2. The van der Waals surface area contributed by atoms with Crippen molar-refractivity contribution < 1.29 is 23.5 Å². The number of carbonyl (C=O) groups excluding carboxylic acids is 2. The fraction of sp³-hybridized carbons (Fsp3) is 0.211. The molecule has 144 valence electrons. The van der Waals surface area contributed by atoms with Gasteiger partial charge in [-0.3, -0.25) is 20.4 Å². The van der Waals surface area contributed by atoms with Gasteiger partial charge in [0.1, 0.15) is 5.03 Å². The van der Waals surface area contributed by atoms with Gasteiger partial charge in [0, 0.05) is 11.5 Å². The number of hydrogen-bond acceptors (Lipinski definition) is 7. The number of hydrogen-bond donors (Lipinski definition) is 2. The molecule has 2 N–H and O–H groups in total. The Morgan fingerprint density at radius 2 is 2.00 bits per heavy atom. The lowest BCUT2D eigenvalue weighted by molar-refractivity contribution is -0.119. The lowest BCUT2D eigenvalue weighted by atomic mass is 10.1. The third-order valence-corrected chi connectivity index (χ3v) is 5.16. The highest BCUT2D eigenvalue weighted by Gasteiger charge is 2.17. The van der Waals surface area contributed by atoms with E-state index in [0.717, 1.165) is 27.9 Å². The van der Waals surface area contributed by atoms with Gasteiger partial charge in [-0.25, -0.2) is 4.98 Å². The number of benzene rings is 1. The summed E-state index contributed by atoms with van der Waals surface area (Å²) < 4.78 is 15.8. The molecule has 0 saturated carbocycles. The molecule has 0 bridgehead atoms. The predicted octanol–water partition coefficient (Wildman–Crippen LogP) is 2.67. The van der Waals surface area contributed by atoms with Crippen LogP contribution in [0.15, 0.2) is 46.0 Å². The SMILES string of the molecule is CCc1cc2cc3c(cc2nc1SCC(=O)NNC(=O)c1ccco1)OCO3. The van der Waals surface area contributed by atoms with Gasteiger partial charge in [0.2, 0.25) is 12.7 Å². The number of aryl methyl sites for hydroxylation is 1. The van der Waals surface area contributed by atoms with E-state index < -0.39 is 5.91 Å². The molecule has 0 unspecified atom stereocenters. The van der Waals surface area contributed by atoms with E-state index in [1.165, 1.54) is 24.1 Å². The van der Waals surface area contributed by atoms with Gasteiger partial charge >= 0.3 is 5.91 Å². The molecule has 8 nitrogen and oxygen atoms in total. The Hall–Kier alpha value is -3.20. The number of pyridine rings is 1. The van der Waals surface area contributed by atoms with Crippen LogP contribution in [0.1, 0.15) is 23.0 Å². The van der Waals surface area contributed by atoms with Crippen molar-refractivity contribution in [2.24, 2.45) is 0 Å². The summed E-state index contributed by atoms with van der Waals surface area (Å²) in [6.45, 7) is 2.24. The van der Waals surface area contributed by atoms with Gasteiger partial charge in [0.05, 0.1) is 17.5 Å². The van der Waals surface area contributed by atoms with Gasteiger partial charge in [-0.1, -0.05) is 18.7 Å². The molecule has 0 atom stereocenters.